The van der Waals surface area contributed by atoms with E-state index in [-0.39, 0.29) is 5.92 Å². The smallest absolute Gasteiger partial charge is 0.331 e. The summed E-state index contributed by atoms with van der Waals surface area (Å²) in [5.74, 6) is -1.73. The SMILES string of the molecule is CC(C)[C@@H](OC(=O)/C=C/c1cccc(Br)c1)C(=O)NC(N)=O. The van der Waals surface area contributed by atoms with Crippen molar-refractivity contribution in [1.82, 2.24) is 5.32 Å². The van der Waals surface area contributed by atoms with Crippen molar-refractivity contribution in [3.05, 3.63) is 40.4 Å². The van der Waals surface area contributed by atoms with Crippen LogP contribution in [0.3, 0.4) is 0 Å². The topological polar surface area (TPSA) is 98.5 Å². The summed E-state index contributed by atoms with van der Waals surface area (Å²) in [4.78, 5) is 34.2. The van der Waals surface area contributed by atoms with Crippen LogP contribution in [0.1, 0.15) is 19.4 Å². The van der Waals surface area contributed by atoms with Gasteiger partial charge >= 0.3 is 12.0 Å². The Morgan fingerprint density at radius 3 is 2.55 bits per heavy atom. The van der Waals surface area contributed by atoms with Crippen molar-refractivity contribution in [3.63, 3.8) is 0 Å². The van der Waals surface area contributed by atoms with E-state index in [4.69, 9.17) is 10.5 Å². The fraction of sp³-hybridized carbons (Fsp3) is 0.267. The second-order valence-electron chi connectivity index (χ2n) is 4.84. The molecule has 1 rings (SSSR count). The number of urea groups is 1. The maximum Gasteiger partial charge on any atom is 0.331 e. The molecule has 118 valence electrons. The third kappa shape index (κ3) is 6.09. The third-order valence-electron chi connectivity index (χ3n) is 2.61. The highest BCUT2D eigenvalue weighted by molar-refractivity contribution is 9.10. The van der Waals surface area contributed by atoms with E-state index in [1.54, 1.807) is 19.9 Å². The Kier molecular flexibility index (Phi) is 6.78. The van der Waals surface area contributed by atoms with E-state index in [1.807, 2.05) is 29.6 Å². The van der Waals surface area contributed by atoms with E-state index in [0.29, 0.717) is 0 Å². The molecule has 22 heavy (non-hydrogen) atoms. The number of amides is 3. The standard InChI is InChI=1S/C15H17BrN2O4/c1-9(2)13(14(20)18-15(17)21)22-12(19)7-6-10-4-3-5-11(16)8-10/h3-9,13H,1-2H3,(H3,17,18,20,21)/b7-6+/t13-/m1/s1. The molecule has 1 aromatic rings. The van der Waals surface area contributed by atoms with Gasteiger partial charge in [0.15, 0.2) is 6.10 Å². The summed E-state index contributed by atoms with van der Waals surface area (Å²) in [6.07, 6.45) is 1.69. The van der Waals surface area contributed by atoms with Crippen LogP contribution in [-0.4, -0.2) is 24.0 Å². The lowest BCUT2D eigenvalue weighted by Crippen LogP contribution is -2.45. The van der Waals surface area contributed by atoms with Gasteiger partial charge in [0, 0.05) is 10.5 Å². The molecule has 0 aliphatic carbocycles. The summed E-state index contributed by atoms with van der Waals surface area (Å²) in [5, 5.41) is 1.90. The van der Waals surface area contributed by atoms with Crippen molar-refractivity contribution in [3.8, 4) is 0 Å². The molecule has 0 fully saturated rings. The molecule has 3 amide bonds. The quantitative estimate of drug-likeness (QED) is 0.614. The maximum atomic E-state index is 11.8. The van der Waals surface area contributed by atoms with Gasteiger partial charge in [0.25, 0.3) is 5.91 Å². The second-order valence-corrected chi connectivity index (χ2v) is 5.76. The van der Waals surface area contributed by atoms with Crippen LogP contribution in [0.15, 0.2) is 34.8 Å². The number of halogens is 1. The number of primary amides is 1. The molecule has 0 bridgehead atoms. The molecule has 3 N–H and O–H groups in total. The average molecular weight is 369 g/mol. The lowest BCUT2D eigenvalue weighted by molar-refractivity contribution is -0.153. The first-order chi connectivity index (χ1) is 10.3. The maximum absolute atomic E-state index is 11.8. The van der Waals surface area contributed by atoms with Gasteiger partial charge < -0.3 is 10.5 Å². The van der Waals surface area contributed by atoms with Gasteiger partial charge in [-0.15, -0.1) is 0 Å². The van der Waals surface area contributed by atoms with Crippen LogP contribution in [0, 0.1) is 5.92 Å². The normalized spacial score (nSPS) is 12.2. The predicted octanol–water partition coefficient (Wildman–Crippen LogP) is 2.23. The Bertz CT molecular complexity index is 599. The first-order valence-electron chi connectivity index (χ1n) is 6.54. The van der Waals surface area contributed by atoms with Gasteiger partial charge in [-0.1, -0.05) is 41.9 Å². The van der Waals surface area contributed by atoms with Crippen LogP contribution in [0.25, 0.3) is 6.08 Å². The molecule has 6 nitrogen and oxygen atoms in total. The highest BCUT2D eigenvalue weighted by Gasteiger charge is 2.26. The summed E-state index contributed by atoms with van der Waals surface area (Å²) in [6.45, 7) is 3.38. The lowest BCUT2D eigenvalue weighted by Gasteiger charge is -2.18. The number of carbonyl (C=O) groups excluding carboxylic acids is 3. The molecule has 0 aromatic heterocycles. The number of hydrogen-bond donors (Lipinski definition) is 2. The number of nitrogens with two attached hydrogens (primary N) is 1. The van der Waals surface area contributed by atoms with E-state index in [9.17, 15) is 14.4 Å². The zero-order chi connectivity index (χ0) is 16.7. The predicted molar refractivity (Wildman–Crippen MR) is 85.6 cm³/mol. The number of esters is 1. The van der Waals surface area contributed by atoms with Crippen LogP contribution in [0.4, 0.5) is 4.79 Å². The van der Waals surface area contributed by atoms with Gasteiger partial charge in [0.1, 0.15) is 0 Å². The van der Waals surface area contributed by atoms with Crippen LogP contribution in [0.2, 0.25) is 0 Å². The summed E-state index contributed by atoms with van der Waals surface area (Å²) in [5.41, 5.74) is 5.68. The molecule has 0 radical (unpaired) electrons. The Balaban J connectivity index is 2.71. The molecule has 0 saturated heterocycles. The highest BCUT2D eigenvalue weighted by atomic mass is 79.9. The Morgan fingerprint density at radius 2 is 2.00 bits per heavy atom. The number of imide groups is 1. The van der Waals surface area contributed by atoms with Crippen LogP contribution in [0.5, 0.6) is 0 Å². The minimum absolute atomic E-state index is 0.303. The van der Waals surface area contributed by atoms with E-state index in [2.05, 4.69) is 15.9 Å². The number of rotatable bonds is 5. The van der Waals surface area contributed by atoms with Crippen LogP contribution >= 0.6 is 15.9 Å². The number of hydrogen-bond acceptors (Lipinski definition) is 4. The highest BCUT2D eigenvalue weighted by Crippen LogP contribution is 2.13. The Hall–Kier alpha value is -2.15. The Labute approximate surface area is 136 Å². The molecular weight excluding hydrogens is 352 g/mol. The van der Waals surface area contributed by atoms with E-state index < -0.39 is 24.0 Å². The molecule has 0 spiro atoms. The molecular formula is C15H17BrN2O4. The van der Waals surface area contributed by atoms with E-state index in [0.717, 1.165) is 10.0 Å². The van der Waals surface area contributed by atoms with Gasteiger partial charge in [-0.05, 0) is 29.7 Å². The molecule has 0 saturated carbocycles. The monoisotopic (exact) mass is 368 g/mol. The fourth-order valence-corrected chi connectivity index (χ4v) is 2.04. The van der Waals surface area contributed by atoms with E-state index in [1.165, 1.54) is 6.08 Å². The zero-order valence-corrected chi connectivity index (χ0v) is 13.8. The Morgan fingerprint density at radius 1 is 1.32 bits per heavy atom. The molecule has 0 heterocycles. The van der Waals surface area contributed by atoms with Crippen molar-refractivity contribution in [2.24, 2.45) is 11.7 Å². The van der Waals surface area contributed by atoms with Gasteiger partial charge in [-0.3, -0.25) is 10.1 Å². The summed E-state index contributed by atoms with van der Waals surface area (Å²) in [6, 6.07) is 6.33. The number of ether oxygens (including phenoxy) is 1. The average Bonchev–Trinajstić information content (AvgIpc) is 2.41. The number of benzene rings is 1. The van der Waals surface area contributed by atoms with Crippen molar-refractivity contribution in [2.45, 2.75) is 20.0 Å². The fourth-order valence-electron chi connectivity index (χ4n) is 1.62. The van der Waals surface area contributed by atoms with Crippen molar-refractivity contribution < 1.29 is 19.1 Å². The van der Waals surface area contributed by atoms with Crippen molar-refractivity contribution >= 4 is 39.9 Å². The molecule has 0 unspecified atom stereocenters. The van der Waals surface area contributed by atoms with Crippen molar-refractivity contribution in [2.75, 3.05) is 0 Å². The second kappa shape index (κ2) is 8.33. The molecule has 0 aliphatic heterocycles. The van der Waals surface area contributed by atoms with Crippen LogP contribution in [-0.2, 0) is 14.3 Å². The largest absolute Gasteiger partial charge is 0.449 e. The minimum atomic E-state index is -1.09. The summed E-state index contributed by atoms with van der Waals surface area (Å²) in [7, 11) is 0. The first-order valence-corrected chi connectivity index (χ1v) is 7.33. The number of nitrogens with one attached hydrogen (secondary N) is 1. The zero-order valence-electron chi connectivity index (χ0n) is 12.2. The van der Waals surface area contributed by atoms with Gasteiger partial charge in [-0.25, -0.2) is 9.59 Å². The molecule has 1 aromatic carbocycles. The first kappa shape index (κ1) is 17.9. The summed E-state index contributed by atoms with van der Waals surface area (Å²) < 4.78 is 5.95. The minimum Gasteiger partial charge on any atom is -0.449 e. The van der Waals surface area contributed by atoms with Gasteiger partial charge in [0.2, 0.25) is 0 Å². The summed E-state index contributed by atoms with van der Waals surface area (Å²) >= 11 is 3.32. The molecule has 1 atom stereocenters. The third-order valence-corrected chi connectivity index (χ3v) is 3.11. The molecule has 0 aliphatic rings. The van der Waals surface area contributed by atoms with E-state index >= 15 is 0 Å². The van der Waals surface area contributed by atoms with Crippen molar-refractivity contribution in [1.29, 1.82) is 0 Å². The number of carbonyl (C=O) groups is 3. The molecule has 7 heteroatoms. The lowest BCUT2D eigenvalue weighted by atomic mass is 10.1. The van der Waals surface area contributed by atoms with Gasteiger partial charge in [0.05, 0.1) is 0 Å². The van der Waals surface area contributed by atoms with Crippen LogP contribution < -0.4 is 11.1 Å². The van der Waals surface area contributed by atoms with Gasteiger partial charge in [-0.2, -0.15) is 0 Å².